The van der Waals surface area contributed by atoms with E-state index in [1.165, 1.54) is 19.2 Å². The molecule has 1 N–H and O–H groups in total. The number of nitrogens with zero attached hydrogens (tertiary/aromatic N) is 2. The van der Waals surface area contributed by atoms with Gasteiger partial charge in [-0.15, -0.1) is 0 Å². The number of rotatable bonds is 8. The maximum atomic E-state index is 12.8. The van der Waals surface area contributed by atoms with Crippen LogP contribution in [0.4, 0.5) is 0 Å². The number of carbonyl (C=O) groups excluding carboxylic acids is 1. The van der Waals surface area contributed by atoms with Crippen LogP contribution < -0.4 is 9.46 Å². The number of aromatic nitrogens is 2. The summed E-state index contributed by atoms with van der Waals surface area (Å²) in [6, 6.07) is 9.97. The molecule has 1 amide bonds. The number of hydrogen-bond donors (Lipinski definition) is 1. The highest BCUT2D eigenvalue weighted by molar-refractivity contribution is 9.10. The van der Waals surface area contributed by atoms with Gasteiger partial charge in [0, 0.05) is 20.9 Å². The van der Waals surface area contributed by atoms with E-state index in [1.807, 2.05) is 23.0 Å². The number of fused-ring (bicyclic) bond motifs is 1. The van der Waals surface area contributed by atoms with Gasteiger partial charge in [0.25, 0.3) is 10.0 Å². The molecule has 11 heteroatoms. The number of hydrogen-bond acceptors (Lipinski definition) is 5. The Labute approximate surface area is 228 Å². The van der Waals surface area contributed by atoms with Crippen molar-refractivity contribution in [3.05, 3.63) is 80.0 Å². The van der Waals surface area contributed by atoms with E-state index in [4.69, 9.17) is 27.9 Å². The van der Waals surface area contributed by atoms with Crippen LogP contribution in [0, 0.1) is 0 Å². The van der Waals surface area contributed by atoms with Gasteiger partial charge in [-0.2, -0.15) is 5.10 Å². The van der Waals surface area contributed by atoms with Crippen molar-refractivity contribution < 1.29 is 17.9 Å². The lowest BCUT2D eigenvalue weighted by Gasteiger charge is -2.18. The molecule has 4 rings (SSSR count). The van der Waals surface area contributed by atoms with Crippen molar-refractivity contribution in [3.8, 4) is 5.75 Å². The summed E-state index contributed by atoms with van der Waals surface area (Å²) >= 11 is 15.6. The first-order chi connectivity index (χ1) is 17.2. The lowest BCUT2D eigenvalue weighted by Crippen LogP contribution is -2.30. The number of halogens is 3. The van der Waals surface area contributed by atoms with Crippen molar-refractivity contribution in [1.29, 1.82) is 0 Å². The molecule has 7 nitrogen and oxygen atoms in total. The molecule has 3 aromatic rings. The van der Waals surface area contributed by atoms with Gasteiger partial charge in [-0.3, -0.25) is 9.48 Å². The Morgan fingerprint density at radius 3 is 2.78 bits per heavy atom. The van der Waals surface area contributed by atoms with Gasteiger partial charge in [-0.25, -0.2) is 13.1 Å². The van der Waals surface area contributed by atoms with E-state index in [9.17, 15) is 13.2 Å². The van der Waals surface area contributed by atoms with Crippen molar-refractivity contribution in [2.45, 2.75) is 43.5 Å². The van der Waals surface area contributed by atoms with E-state index < -0.39 is 15.9 Å². The Balaban J connectivity index is 1.46. The topological polar surface area (TPSA) is 90.3 Å². The molecule has 2 aromatic carbocycles. The van der Waals surface area contributed by atoms with Gasteiger partial charge in [0.2, 0.25) is 5.91 Å². The van der Waals surface area contributed by atoms with Crippen molar-refractivity contribution in [2.24, 2.45) is 0 Å². The second kappa shape index (κ2) is 11.4. The summed E-state index contributed by atoms with van der Waals surface area (Å²) in [5.74, 6) is -0.434. The molecular weight excluding hydrogens is 589 g/mol. The molecule has 1 aliphatic rings. The molecule has 0 fully saturated rings. The molecule has 0 radical (unpaired) electrons. The Hall–Kier alpha value is -2.33. The van der Waals surface area contributed by atoms with Crippen LogP contribution in [-0.2, 0) is 27.8 Å². The minimum atomic E-state index is -4.08. The first-order valence-corrected chi connectivity index (χ1v) is 14.3. The van der Waals surface area contributed by atoms with E-state index in [-0.39, 0.29) is 17.1 Å². The number of ether oxygens (including phenoxy) is 1. The normalized spacial score (nSPS) is 14.5. The SMILES string of the molecule is COc1ccc(Br)cc1S(=O)(=O)NC(=O)CC/C=C1\CCCc2cnn(Cc3ccc(Cl)cc3Cl)c21. The average molecular weight is 613 g/mol. The van der Waals surface area contributed by atoms with Gasteiger partial charge in [0.05, 0.1) is 25.5 Å². The standard InChI is InChI=1S/C25H24BrCl2N3O4S/c1-35-22-11-9-19(26)12-23(22)36(33,34)30-24(32)7-3-5-16-4-2-6-17-14-29-31(25(16)17)15-18-8-10-20(27)13-21(18)28/h5,8-14H,2-4,6-7,15H2,1H3,(H,30,32)/b16-5+. The monoisotopic (exact) mass is 611 g/mol. The number of sulfonamides is 1. The molecular formula is C25H24BrCl2N3O4S. The third kappa shape index (κ3) is 6.14. The fourth-order valence-corrected chi connectivity index (χ4v) is 6.38. The zero-order chi connectivity index (χ0) is 25.9. The maximum absolute atomic E-state index is 12.8. The number of allylic oxidation sites excluding steroid dienone is 2. The molecule has 0 saturated heterocycles. The highest BCUT2D eigenvalue weighted by atomic mass is 79.9. The third-order valence-corrected chi connectivity index (χ3v) is 8.35. The highest BCUT2D eigenvalue weighted by Crippen LogP contribution is 2.33. The Bertz CT molecular complexity index is 1440. The molecule has 0 saturated carbocycles. The minimum absolute atomic E-state index is 0.0194. The van der Waals surface area contributed by atoms with Crippen LogP contribution in [0.5, 0.6) is 5.75 Å². The largest absolute Gasteiger partial charge is 0.495 e. The predicted octanol–water partition coefficient (Wildman–Crippen LogP) is 6.01. The average Bonchev–Trinajstić information content (AvgIpc) is 3.24. The zero-order valence-electron chi connectivity index (χ0n) is 19.4. The highest BCUT2D eigenvalue weighted by Gasteiger charge is 2.23. The van der Waals surface area contributed by atoms with E-state index in [2.05, 4.69) is 25.8 Å². The quantitative estimate of drug-likeness (QED) is 0.336. The smallest absolute Gasteiger partial charge is 0.267 e. The summed E-state index contributed by atoms with van der Waals surface area (Å²) < 4.78 is 35.3. The number of amides is 1. The molecule has 0 spiro atoms. The third-order valence-electron chi connectivity index (χ3n) is 5.87. The second-order valence-electron chi connectivity index (χ2n) is 8.36. The Morgan fingerprint density at radius 2 is 2.03 bits per heavy atom. The molecule has 0 bridgehead atoms. The molecule has 1 aliphatic carbocycles. The Morgan fingerprint density at radius 1 is 1.22 bits per heavy atom. The summed E-state index contributed by atoms with van der Waals surface area (Å²) in [6.45, 7) is 0.496. The van der Waals surface area contributed by atoms with Crippen LogP contribution in [0.2, 0.25) is 10.0 Å². The first-order valence-electron chi connectivity index (χ1n) is 11.2. The van der Waals surface area contributed by atoms with Crippen molar-refractivity contribution in [2.75, 3.05) is 7.11 Å². The number of nitrogens with one attached hydrogen (secondary N) is 1. The zero-order valence-corrected chi connectivity index (χ0v) is 23.3. The summed E-state index contributed by atoms with van der Waals surface area (Å²) in [5, 5.41) is 5.72. The van der Waals surface area contributed by atoms with E-state index in [0.717, 1.165) is 41.7 Å². The summed E-state index contributed by atoms with van der Waals surface area (Å²) in [7, 11) is -2.70. The van der Waals surface area contributed by atoms with Crippen molar-refractivity contribution in [3.63, 3.8) is 0 Å². The Kier molecular flexibility index (Phi) is 8.44. The number of aryl methyl sites for hydroxylation is 1. The molecule has 36 heavy (non-hydrogen) atoms. The van der Waals surface area contributed by atoms with Gasteiger partial charge in [-0.05, 0) is 72.7 Å². The van der Waals surface area contributed by atoms with E-state index >= 15 is 0 Å². The summed E-state index contributed by atoms with van der Waals surface area (Å²) in [6.07, 6.45) is 7.03. The second-order valence-corrected chi connectivity index (χ2v) is 11.8. The minimum Gasteiger partial charge on any atom is -0.495 e. The molecule has 0 aliphatic heterocycles. The molecule has 1 aromatic heterocycles. The van der Waals surface area contributed by atoms with Crippen LogP contribution in [-0.4, -0.2) is 31.2 Å². The first kappa shape index (κ1) is 26.7. The van der Waals surface area contributed by atoms with Gasteiger partial charge in [-0.1, -0.05) is 51.3 Å². The van der Waals surface area contributed by atoms with Crippen molar-refractivity contribution in [1.82, 2.24) is 14.5 Å². The van der Waals surface area contributed by atoms with Crippen LogP contribution in [0.1, 0.15) is 42.5 Å². The van der Waals surface area contributed by atoms with Crippen LogP contribution in [0.25, 0.3) is 5.57 Å². The molecule has 0 unspecified atom stereocenters. The molecule has 1 heterocycles. The number of methoxy groups -OCH3 is 1. The van der Waals surface area contributed by atoms with E-state index in [0.29, 0.717) is 27.5 Å². The lowest BCUT2D eigenvalue weighted by molar-refractivity contribution is -0.119. The molecule has 0 atom stereocenters. The van der Waals surface area contributed by atoms with Gasteiger partial charge < -0.3 is 4.74 Å². The fraction of sp³-hybridized carbons (Fsp3) is 0.280. The van der Waals surface area contributed by atoms with Gasteiger partial charge in [0.15, 0.2) is 0 Å². The number of carbonyl (C=O) groups is 1. The predicted molar refractivity (Wildman–Crippen MR) is 144 cm³/mol. The fourth-order valence-electron chi connectivity index (χ4n) is 4.19. The van der Waals surface area contributed by atoms with Crippen molar-refractivity contribution >= 4 is 60.6 Å². The van der Waals surface area contributed by atoms with Crippen LogP contribution in [0.3, 0.4) is 0 Å². The lowest BCUT2D eigenvalue weighted by atomic mass is 9.92. The summed E-state index contributed by atoms with van der Waals surface area (Å²) in [4.78, 5) is 12.4. The maximum Gasteiger partial charge on any atom is 0.267 e. The summed E-state index contributed by atoms with van der Waals surface area (Å²) in [5.41, 5.74) is 4.16. The number of benzene rings is 2. The van der Waals surface area contributed by atoms with Gasteiger partial charge >= 0.3 is 0 Å². The van der Waals surface area contributed by atoms with Crippen LogP contribution in [0.15, 0.2) is 58.0 Å². The van der Waals surface area contributed by atoms with Gasteiger partial charge in [0.1, 0.15) is 10.6 Å². The van der Waals surface area contributed by atoms with Crippen LogP contribution >= 0.6 is 39.1 Å². The van der Waals surface area contributed by atoms with E-state index in [1.54, 1.807) is 18.2 Å². The molecule has 190 valence electrons.